The topological polar surface area (TPSA) is 89.8 Å². The predicted octanol–water partition coefficient (Wildman–Crippen LogP) is 2.28. The van der Waals surface area contributed by atoms with E-state index in [0.29, 0.717) is 17.1 Å². The first-order valence-electron chi connectivity index (χ1n) is 8.82. The number of aromatic nitrogens is 4. The fourth-order valence-corrected chi connectivity index (χ4v) is 2.55. The molecule has 0 aliphatic rings. The van der Waals surface area contributed by atoms with Gasteiger partial charge >= 0.3 is 0 Å². The molecule has 7 nitrogen and oxygen atoms in total. The first-order valence-corrected chi connectivity index (χ1v) is 8.82. The third-order valence-electron chi connectivity index (χ3n) is 4.14. The molecular formula is C20H20FN5O2. The highest BCUT2D eigenvalue weighted by Crippen LogP contribution is 2.17. The van der Waals surface area contributed by atoms with Crippen molar-refractivity contribution in [3.8, 4) is 11.3 Å². The number of benzene rings is 1. The second-order valence-corrected chi connectivity index (χ2v) is 6.61. The molecule has 0 bridgehead atoms. The number of rotatable bonds is 6. The lowest BCUT2D eigenvalue weighted by molar-refractivity contribution is -0.121. The highest BCUT2D eigenvalue weighted by molar-refractivity contribution is 5.75. The van der Waals surface area contributed by atoms with Crippen molar-refractivity contribution in [2.75, 3.05) is 0 Å². The number of nitrogens with one attached hydrogen (secondary N) is 1. The van der Waals surface area contributed by atoms with Crippen LogP contribution < -0.4 is 10.9 Å². The van der Waals surface area contributed by atoms with E-state index in [2.05, 4.69) is 20.3 Å². The van der Waals surface area contributed by atoms with Gasteiger partial charge in [-0.05, 0) is 36.2 Å². The largest absolute Gasteiger partial charge is 0.349 e. The standard InChI is InChI=1S/C20H20FN5O2/c1-13(2)17-8-20(28)26(12-25-17)10-19(27)22-9-16-7-18(24-11-23-16)14-3-5-15(21)6-4-14/h3-8,11-13H,9-10H2,1-2H3,(H,22,27). The molecule has 3 aromatic rings. The van der Waals surface area contributed by atoms with Crippen molar-refractivity contribution >= 4 is 5.91 Å². The summed E-state index contributed by atoms with van der Waals surface area (Å²) >= 11 is 0. The molecule has 8 heteroatoms. The first-order chi connectivity index (χ1) is 13.4. The number of hydrogen-bond donors (Lipinski definition) is 1. The molecular weight excluding hydrogens is 361 g/mol. The van der Waals surface area contributed by atoms with E-state index in [-0.39, 0.29) is 36.3 Å². The summed E-state index contributed by atoms with van der Waals surface area (Å²) in [5.41, 5.74) is 2.40. The van der Waals surface area contributed by atoms with Gasteiger partial charge in [0.25, 0.3) is 5.56 Å². The van der Waals surface area contributed by atoms with Crippen LogP contribution in [0.5, 0.6) is 0 Å². The van der Waals surface area contributed by atoms with Gasteiger partial charge in [-0.1, -0.05) is 13.8 Å². The van der Waals surface area contributed by atoms with Crippen LogP contribution in [0, 0.1) is 5.82 Å². The van der Waals surface area contributed by atoms with Gasteiger partial charge in [0, 0.05) is 11.6 Å². The molecule has 2 aromatic heterocycles. The minimum atomic E-state index is -0.330. The van der Waals surface area contributed by atoms with Crippen LogP contribution in [0.2, 0.25) is 0 Å². The zero-order valence-electron chi connectivity index (χ0n) is 15.6. The van der Waals surface area contributed by atoms with E-state index in [9.17, 15) is 14.0 Å². The van der Waals surface area contributed by atoms with E-state index < -0.39 is 0 Å². The highest BCUT2D eigenvalue weighted by atomic mass is 19.1. The smallest absolute Gasteiger partial charge is 0.254 e. The van der Waals surface area contributed by atoms with Gasteiger partial charge in [-0.2, -0.15) is 0 Å². The van der Waals surface area contributed by atoms with Gasteiger partial charge in [0.15, 0.2) is 0 Å². The Morgan fingerprint density at radius 2 is 1.89 bits per heavy atom. The van der Waals surface area contributed by atoms with Gasteiger partial charge in [0.05, 0.1) is 30.0 Å². The summed E-state index contributed by atoms with van der Waals surface area (Å²) in [7, 11) is 0. The average Bonchev–Trinajstić information content (AvgIpc) is 2.68. The Bertz CT molecular complexity index is 1030. The fourth-order valence-electron chi connectivity index (χ4n) is 2.55. The van der Waals surface area contributed by atoms with Crippen LogP contribution in [-0.4, -0.2) is 25.4 Å². The van der Waals surface area contributed by atoms with Crippen molar-refractivity contribution in [1.82, 2.24) is 24.8 Å². The number of halogens is 1. The van der Waals surface area contributed by atoms with Crippen LogP contribution in [0.3, 0.4) is 0 Å². The average molecular weight is 381 g/mol. The SMILES string of the molecule is CC(C)c1cc(=O)n(CC(=O)NCc2cc(-c3ccc(F)cc3)ncn2)cn1. The highest BCUT2D eigenvalue weighted by Gasteiger charge is 2.09. The Morgan fingerprint density at radius 3 is 2.57 bits per heavy atom. The quantitative estimate of drug-likeness (QED) is 0.708. The molecule has 0 unspecified atom stereocenters. The van der Waals surface area contributed by atoms with Crippen molar-refractivity contribution in [2.24, 2.45) is 0 Å². The number of amides is 1. The first kappa shape index (κ1) is 19.3. The van der Waals surface area contributed by atoms with Crippen molar-refractivity contribution < 1.29 is 9.18 Å². The van der Waals surface area contributed by atoms with Crippen LogP contribution in [0.4, 0.5) is 4.39 Å². The maximum atomic E-state index is 13.1. The minimum absolute atomic E-state index is 0.125. The molecule has 3 rings (SSSR count). The van der Waals surface area contributed by atoms with Crippen LogP contribution in [0.15, 0.2) is 53.8 Å². The van der Waals surface area contributed by atoms with Crippen molar-refractivity contribution in [1.29, 1.82) is 0 Å². The second kappa shape index (κ2) is 8.51. The van der Waals surface area contributed by atoms with Gasteiger partial charge in [0.2, 0.25) is 5.91 Å². The van der Waals surface area contributed by atoms with Gasteiger partial charge in [-0.25, -0.2) is 19.3 Å². The molecule has 1 N–H and O–H groups in total. The lowest BCUT2D eigenvalue weighted by Gasteiger charge is -2.09. The predicted molar refractivity (Wildman–Crippen MR) is 102 cm³/mol. The third-order valence-corrected chi connectivity index (χ3v) is 4.14. The Labute approximate surface area is 161 Å². The van der Waals surface area contributed by atoms with Gasteiger partial charge in [-0.3, -0.25) is 14.2 Å². The van der Waals surface area contributed by atoms with E-state index in [1.54, 1.807) is 18.2 Å². The van der Waals surface area contributed by atoms with Crippen molar-refractivity contribution in [3.05, 3.63) is 76.6 Å². The van der Waals surface area contributed by atoms with Gasteiger partial charge in [-0.15, -0.1) is 0 Å². The lowest BCUT2D eigenvalue weighted by Crippen LogP contribution is -2.32. The van der Waals surface area contributed by atoms with Crippen LogP contribution in [-0.2, 0) is 17.9 Å². The number of nitrogens with zero attached hydrogens (tertiary/aromatic N) is 4. The summed E-state index contributed by atoms with van der Waals surface area (Å²) in [5.74, 6) is -0.510. The van der Waals surface area contributed by atoms with E-state index in [1.807, 2.05) is 13.8 Å². The summed E-state index contributed by atoms with van der Waals surface area (Å²) in [5, 5.41) is 2.72. The molecule has 0 saturated carbocycles. The summed E-state index contributed by atoms with van der Waals surface area (Å²) < 4.78 is 14.3. The molecule has 28 heavy (non-hydrogen) atoms. The second-order valence-electron chi connectivity index (χ2n) is 6.61. The van der Waals surface area contributed by atoms with Crippen molar-refractivity contribution in [3.63, 3.8) is 0 Å². The molecule has 0 radical (unpaired) electrons. The monoisotopic (exact) mass is 381 g/mol. The Hall–Kier alpha value is -3.42. The fraction of sp³-hybridized carbons (Fsp3) is 0.250. The Kier molecular flexibility index (Phi) is 5.88. The molecule has 2 heterocycles. The molecule has 0 atom stereocenters. The minimum Gasteiger partial charge on any atom is -0.349 e. The maximum absolute atomic E-state index is 13.1. The Balaban J connectivity index is 1.63. The van der Waals surface area contributed by atoms with E-state index in [4.69, 9.17) is 0 Å². The Morgan fingerprint density at radius 1 is 1.14 bits per heavy atom. The number of carbonyl (C=O) groups is 1. The molecule has 1 aromatic carbocycles. The molecule has 0 fully saturated rings. The molecule has 0 aliphatic carbocycles. The van der Waals surface area contributed by atoms with Crippen LogP contribution >= 0.6 is 0 Å². The van der Waals surface area contributed by atoms with E-state index in [0.717, 1.165) is 5.56 Å². The summed E-state index contributed by atoms with van der Waals surface area (Å²) in [4.78, 5) is 36.7. The lowest BCUT2D eigenvalue weighted by atomic mass is 10.1. The maximum Gasteiger partial charge on any atom is 0.254 e. The normalized spacial score (nSPS) is 10.9. The zero-order chi connectivity index (χ0) is 20.1. The van der Waals surface area contributed by atoms with Gasteiger partial charge in [0.1, 0.15) is 18.7 Å². The van der Waals surface area contributed by atoms with Crippen LogP contribution in [0.1, 0.15) is 31.2 Å². The third kappa shape index (κ3) is 4.85. The molecule has 1 amide bonds. The van der Waals surface area contributed by atoms with Crippen LogP contribution in [0.25, 0.3) is 11.3 Å². The molecule has 0 spiro atoms. The summed E-state index contributed by atoms with van der Waals surface area (Å²) in [6.45, 7) is 3.95. The van der Waals surface area contributed by atoms with E-state index >= 15 is 0 Å². The summed E-state index contributed by atoms with van der Waals surface area (Å²) in [6, 6.07) is 9.13. The van der Waals surface area contributed by atoms with Gasteiger partial charge < -0.3 is 5.32 Å². The molecule has 144 valence electrons. The molecule has 0 aliphatic heterocycles. The number of hydrogen-bond acceptors (Lipinski definition) is 5. The summed E-state index contributed by atoms with van der Waals surface area (Å²) in [6.07, 6.45) is 2.77. The molecule has 0 saturated heterocycles. The number of carbonyl (C=O) groups excluding carboxylic acids is 1. The zero-order valence-corrected chi connectivity index (χ0v) is 15.6. The van der Waals surface area contributed by atoms with E-state index in [1.165, 1.54) is 35.4 Å². The van der Waals surface area contributed by atoms with Crippen molar-refractivity contribution in [2.45, 2.75) is 32.9 Å².